The molecule has 1 aromatic rings. The summed E-state index contributed by atoms with van der Waals surface area (Å²) >= 11 is 5.72. The quantitative estimate of drug-likeness (QED) is 0.549. The number of halogens is 1. The highest BCUT2D eigenvalue weighted by molar-refractivity contribution is 6.32. The van der Waals surface area contributed by atoms with E-state index in [0.29, 0.717) is 0 Å². The van der Waals surface area contributed by atoms with Crippen molar-refractivity contribution in [2.45, 2.75) is 6.92 Å². The molecule has 0 heterocycles. The number of nitrogens with zero attached hydrogens (tertiary/aromatic N) is 1. The molecule has 0 unspecified atom stereocenters. The molecule has 0 atom stereocenters. The molecule has 13 heavy (non-hydrogen) atoms. The zero-order valence-corrected chi connectivity index (χ0v) is 7.72. The van der Waals surface area contributed by atoms with Gasteiger partial charge in [0.05, 0.1) is 16.1 Å². The molecule has 0 saturated heterocycles. The summed E-state index contributed by atoms with van der Waals surface area (Å²) in [5.41, 5.74) is 6.17. The second-order valence-electron chi connectivity index (χ2n) is 2.55. The minimum Gasteiger partial charge on any atom is -0.398 e. The van der Waals surface area contributed by atoms with Gasteiger partial charge in [0, 0.05) is 5.69 Å². The van der Waals surface area contributed by atoms with Gasteiger partial charge in [-0.05, 0) is 19.1 Å². The Balaban J connectivity index is 3.55. The second-order valence-corrected chi connectivity index (χ2v) is 2.96. The van der Waals surface area contributed by atoms with Gasteiger partial charge in [-0.1, -0.05) is 11.6 Å². The molecular weight excluding hydrogens is 188 g/mol. The van der Waals surface area contributed by atoms with E-state index in [1.165, 1.54) is 19.1 Å². The average molecular weight is 195 g/mol. The fourth-order valence-electron chi connectivity index (χ4n) is 1.08. The molecule has 2 N–H and O–H groups in total. The van der Waals surface area contributed by atoms with Crippen molar-refractivity contribution in [3.63, 3.8) is 0 Å². The number of anilines is 1. The molecule has 4 heteroatoms. The van der Waals surface area contributed by atoms with Crippen LogP contribution in [-0.4, -0.2) is 5.78 Å². The molecule has 1 rings (SSSR count). The van der Waals surface area contributed by atoms with Crippen molar-refractivity contribution in [2.24, 2.45) is 0 Å². The maximum absolute atomic E-state index is 11.1. The highest BCUT2D eigenvalue weighted by Gasteiger charge is 2.13. The Bertz CT molecular complexity index is 407. The van der Waals surface area contributed by atoms with E-state index in [1.807, 2.05) is 6.07 Å². The van der Waals surface area contributed by atoms with Crippen molar-refractivity contribution < 1.29 is 4.79 Å². The number of hydrogen-bond donors (Lipinski definition) is 1. The van der Waals surface area contributed by atoms with Crippen LogP contribution in [0.25, 0.3) is 0 Å². The number of hydrogen-bond acceptors (Lipinski definition) is 3. The number of benzene rings is 1. The van der Waals surface area contributed by atoms with E-state index >= 15 is 0 Å². The number of rotatable bonds is 1. The summed E-state index contributed by atoms with van der Waals surface area (Å²) in [6.45, 7) is 1.35. The van der Waals surface area contributed by atoms with Gasteiger partial charge in [0.2, 0.25) is 0 Å². The standard InChI is InChI=1S/C9H7ClN2O/c1-5(13)9-6(4-11)7(10)2-3-8(9)12/h2-3H,12H2,1H3. The Morgan fingerprint density at radius 2 is 2.23 bits per heavy atom. The van der Waals surface area contributed by atoms with Gasteiger partial charge >= 0.3 is 0 Å². The monoisotopic (exact) mass is 194 g/mol. The van der Waals surface area contributed by atoms with Crippen LogP contribution in [-0.2, 0) is 0 Å². The number of carbonyl (C=O) groups is 1. The molecule has 0 aliphatic rings. The van der Waals surface area contributed by atoms with Gasteiger partial charge in [0.15, 0.2) is 5.78 Å². The summed E-state index contributed by atoms with van der Waals surface area (Å²) in [4.78, 5) is 11.1. The molecule has 0 aromatic heterocycles. The number of Topliss-reactive ketones (excluding diaryl/α,β-unsaturated/α-hetero) is 1. The lowest BCUT2D eigenvalue weighted by molar-refractivity contribution is 0.101. The molecule has 0 spiro atoms. The molecule has 3 nitrogen and oxygen atoms in total. The van der Waals surface area contributed by atoms with Gasteiger partial charge in [-0.3, -0.25) is 4.79 Å². The van der Waals surface area contributed by atoms with Crippen molar-refractivity contribution >= 4 is 23.1 Å². The number of carbonyl (C=O) groups excluding carboxylic acids is 1. The van der Waals surface area contributed by atoms with Crippen LogP contribution in [0, 0.1) is 11.3 Å². The van der Waals surface area contributed by atoms with E-state index in [0.717, 1.165) is 0 Å². The predicted molar refractivity (Wildman–Crippen MR) is 50.6 cm³/mol. The van der Waals surface area contributed by atoms with E-state index in [-0.39, 0.29) is 27.6 Å². The third kappa shape index (κ3) is 1.63. The zero-order chi connectivity index (χ0) is 10.0. The molecule has 0 aliphatic carbocycles. The summed E-state index contributed by atoms with van der Waals surface area (Å²) in [6.07, 6.45) is 0. The maximum Gasteiger partial charge on any atom is 0.163 e. The van der Waals surface area contributed by atoms with Crippen LogP contribution >= 0.6 is 11.6 Å². The van der Waals surface area contributed by atoms with Crippen LogP contribution in [0.2, 0.25) is 5.02 Å². The Kier molecular flexibility index (Phi) is 2.54. The van der Waals surface area contributed by atoms with Crippen molar-refractivity contribution in [3.05, 3.63) is 28.3 Å². The minimum atomic E-state index is -0.253. The van der Waals surface area contributed by atoms with Crippen LogP contribution in [0.5, 0.6) is 0 Å². The van der Waals surface area contributed by atoms with E-state index in [4.69, 9.17) is 22.6 Å². The summed E-state index contributed by atoms with van der Waals surface area (Å²) in [6, 6.07) is 4.87. The Morgan fingerprint density at radius 3 is 2.62 bits per heavy atom. The second kappa shape index (κ2) is 3.46. The lowest BCUT2D eigenvalue weighted by atomic mass is 10.0. The SMILES string of the molecule is CC(=O)c1c(N)ccc(Cl)c1C#N. The molecule has 1 aromatic carbocycles. The summed E-state index contributed by atoms with van der Waals surface area (Å²) in [5, 5.41) is 8.98. The molecule has 0 saturated carbocycles. The lowest BCUT2D eigenvalue weighted by Crippen LogP contribution is -2.03. The van der Waals surface area contributed by atoms with Crippen molar-refractivity contribution in [1.29, 1.82) is 5.26 Å². The van der Waals surface area contributed by atoms with Crippen LogP contribution in [0.3, 0.4) is 0 Å². The molecular formula is C9H7ClN2O. The van der Waals surface area contributed by atoms with E-state index in [1.54, 1.807) is 0 Å². The topological polar surface area (TPSA) is 66.9 Å². The molecule has 0 radical (unpaired) electrons. The number of ketones is 1. The fraction of sp³-hybridized carbons (Fsp3) is 0.111. The van der Waals surface area contributed by atoms with Gasteiger partial charge in [-0.2, -0.15) is 5.26 Å². The summed E-state index contributed by atoms with van der Waals surface area (Å²) in [7, 11) is 0. The third-order valence-electron chi connectivity index (χ3n) is 1.65. The van der Waals surface area contributed by atoms with Crippen molar-refractivity contribution in [2.75, 3.05) is 5.73 Å². The number of nitrogens with two attached hydrogens (primary N) is 1. The predicted octanol–water partition coefficient (Wildman–Crippen LogP) is 2.00. The van der Waals surface area contributed by atoms with Crippen molar-refractivity contribution in [3.8, 4) is 6.07 Å². The highest BCUT2D eigenvalue weighted by atomic mass is 35.5. The molecule has 0 aliphatic heterocycles. The third-order valence-corrected chi connectivity index (χ3v) is 1.97. The Hall–Kier alpha value is -1.53. The van der Waals surface area contributed by atoms with E-state index in [2.05, 4.69) is 0 Å². The Morgan fingerprint density at radius 1 is 1.62 bits per heavy atom. The van der Waals surface area contributed by atoms with Gasteiger partial charge in [-0.15, -0.1) is 0 Å². The first-order chi connectivity index (χ1) is 6.07. The molecule has 66 valence electrons. The Labute approximate surface area is 80.7 Å². The normalized spacial score (nSPS) is 9.31. The summed E-state index contributed by atoms with van der Waals surface area (Å²) in [5.74, 6) is -0.253. The first-order valence-corrected chi connectivity index (χ1v) is 3.94. The molecule has 0 bridgehead atoms. The largest absolute Gasteiger partial charge is 0.398 e. The van der Waals surface area contributed by atoms with Gasteiger partial charge < -0.3 is 5.73 Å². The summed E-state index contributed by atoms with van der Waals surface area (Å²) < 4.78 is 0. The molecule has 0 fully saturated rings. The first kappa shape index (κ1) is 9.56. The van der Waals surface area contributed by atoms with Gasteiger partial charge in [0.1, 0.15) is 6.07 Å². The number of nitriles is 1. The van der Waals surface area contributed by atoms with Crippen LogP contribution in [0.4, 0.5) is 5.69 Å². The first-order valence-electron chi connectivity index (χ1n) is 3.57. The highest BCUT2D eigenvalue weighted by Crippen LogP contribution is 2.24. The van der Waals surface area contributed by atoms with Crippen LogP contribution < -0.4 is 5.73 Å². The van der Waals surface area contributed by atoms with E-state index < -0.39 is 0 Å². The average Bonchev–Trinajstić information content (AvgIpc) is 2.07. The van der Waals surface area contributed by atoms with Crippen LogP contribution in [0.1, 0.15) is 22.8 Å². The lowest BCUT2D eigenvalue weighted by Gasteiger charge is -2.04. The zero-order valence-electron chi connectivity index (χ0n) is 6.97. The van der Waals surface area contributed by atoms with E-state index in [9.17, 15) is 4.79 Å². The number of nitrogen functional groups attached to an aromatic ring is 1. The molecule has 0 amide bonds. The van der Waals surface area contributed by atoms with Crippen molar-refractivity contribution in [1.82, 2.24) is 0 Å². The van der Waals surface area contributed by atoms with Crippen LogP contribution in [0.15, 0.2) is 12.1 Å². The minimum absolute atomic E-state index is 0.147. The van der Waals surface area contributed by atoms with Gasteiger partial charge in [0.25, 0.3) is 0 Å². The van der Waals surface area contributed by atoms with Gasteiger partial charge in [-0.25, -0.2) is 0 Å². The smallest absolute Gasteiger partial charge is 0.163 e. The fourth-order valence-corrected chi connectivity index (χ4v) is 1.28. The maximum atomic E-state index is 11.1.